The molecule has 12 heteroatoms. The number of carbonyl (C=O) groups is 4. The maximum Gasteiger partial charge on any atom is 0.416 e. The maximum absolute atomic E-state index is 12.8. The number of imide groups is 1. The van der Waals surface area contributed by atoms with Gasteiger partial charge in [0.2, 0.25) is 11.8 Å². The zero-order valence-corrected chi connectivity index (χ0v) is 20.2. The molecule has 33 heavy (non-hydrogen) atoms. The number of esters is 1. The number of benzene rings is 1. The number of rotatable bonds is 6. The van der Waals surface area contributed by atoms with Gasteiger partial charge < -0.3 is 10.1 Å². The molecule has 2 bridgehead atoms. The zero-order valence-electron chi connectivity index (χ0n) is 17.0. The molecule has 2 saturated carbocycles. The monoisotopic (exact) mass is 594 g/mol. The summed E-state index contributed by atoms with van der Waals surface area (Å²) in [6.45, 7) is -0.846. The van der Waals surface area contributed by atoms with Gasteiger partial charge in [-0.25, -0.2) is 0 Å². The van der Waals surface area contributed by atoms with E-state index in [1.807, 2.05) is 0 Å². The van der Waals surface area contributed by atoms with Crippen LogP contribution in [0.25, 0.3) is 0 Å². The van der Waals surface area contributed by atoms with Gasteiger partial charge in [0.05, 0.1) is 23.8 Å². The highest BCUT2D eigenvalue weighted by Crippen LogP contribution is 2.60. The van der Waals surface area contributed by atoms with Crippen molar-refractivity contribution < 1.29 is 37.1 Å². The summed E-state index contributed by atoms with van der Waals surface area (Å²) in [5.74, 6) is -2.80. The van der Waals surface area contributed by atoms with Crippen LogP contribution in [0.4, 0.5) is 18.9 Å². The lowest BCUT2D eigenvalue weighted by molar-refractivity contribution is -0.149. The highest BCUT2D eigenvalue weighted by atomic mass is 79.9. The lowest BCUT2D eigenvalue weighted by atomic mass is 9.81. The van der Waals surface area contributed by atoms with Crippen molar-refractivity contribution in [2.75, 3.05) is 18.5 Å². The number of amides is 3. The number of anilines is 1. The number of nitrogens with one attached hydrogen (secondary N) is 1. The van der Waals surface area contributed by atoms with E-state index in [1.165, 1.54) is 6.07 Å². The summed E-state index contributed by atoms with van der Waals surface area (Å²) in [5.41, 5.74) is -1.01. The van der Waals surface area contributed by atoms with Crippen LogP contribution in [0.15, 0.2) is 24.3 Å². The van der Waals surface area contributed by atoms with Crippen molar-refractivity contribution >= 4 is 61.2 Å². The minimum Gasteiger partial charge on any atom is -0.456 e. The first-order valence-corrected chi connectivity index (χ1v) is 12.1. The summed E-state index contributed by atoms with van der Waals surface area (Å²) in [6.07, 6.45) is -4.03. The minimum atomic E-state index is -4.56. The number of halogens is 5. The molecule has 3 amide bonds. The first-order chi connectivity index (χ1) is 15.5. The van der Waals surface area contributed by atoms with Crippen LogP contribution in [-0.2, 0) is 30.1 Å². The number of likely N-dealkylation sites (tertiary alicyclic amines) is 1. The lowest BCUT2D eigenvalue weighted by Gasteiger charge is -2.28. The lowest BCUT2D eigenvalue weighted by Crippen LogP contribution is -2.37. The Hall–Kier alpha value is -1.95. The van der Waals surface area contributed by atoms with Gasteiger partial charge in [0.15, 0.2) is 6.61 Å². The number of hydrogen-bond donors (Lipinski definition) is 1. The van der Waals surface area contributed by atoms with E-state index in [0.29, 0.717) is 0 Å². The number of fused-ring (bicyclic) bond motifs is 5. The van der Waals surface area contributed by atoms with E-state index in [1.54, 1.807) is 0 Å². The van der Waals surface area contributed by atoms with E-state index >= 15 is 0 Å². The van der Waals surface area contributed by atoms with Crippen LogP contribution >= 0.6 is 31.9 Å². The van der Waals surface area contributed by atoms with Gasteiger partial charge in [0.25, 0.3) is 5.91 Å². The van der Waals surface area contributed by atoms with Crippen molar-refractivity contribution in [1.29, 1.82) is 0 Å². The minimum absolute atomic E-state index is 0.0670. The molecule has 6 atom stereocenters. The highest BCUT2D eigenvalue weighted by Gasteiger charge is 2.66. The molecule has 0 radical (unpaired) electrons. The zero-order chi connectivity index (χ0) is 24.1. The van der Waals surface area contributed by atoms with Crippen LogP contribution in [0.3, 0.4) is 0 Å². The van der Waals surface area contributed by atoms with Gasteiger partial charge >= 0.3 is 12.1 Å². The van der Waals surface area contributed by atoms with Crippen molar-refractivity contribution in [3.8, 4) is 0 Å². The Bertz CT molecular complexity index is 972. The topological polar surface area (TPSA) is 92.8 Å². The smallest absolute Gasteiger partial charge is 0.416 e. The first-order valence-electron chi connectivity index (χ1n) is 10.2. The molecule has 0 spiro atoms. The van der Waals surface area contributed by atoms with Crippen molar-refractivity contribution in [2.24, 2.45) is 23.7 Å². The summed E-state index contributed by atoms with van der Waals surface area (Å²) in [6, 6.07) is 4.06. The van der Waals surface area contributed by atoms with Crippen molar-refractivity contribution in [2.45, 2.75) is 28.7 Å². The average Bonchev–Trinajstić information content (AvgIpc) is 3.35. The van der Waals surface area contributed by atoms with Crippen molar-refractivity contribution in [3.63, 3.8) is 0 Å². The Morgan fingerprint density at radius 1 is 1.09 bits per heavy atom. The van der Waals surface area contributed by atoms with Gasteiger partial charge in [0.1, 0.15) is 0 Å². The van der Waals surface area contributed by atoms with Gasteiger partial charge in [0, 0.05) is 21.9 Å². The fraction of sp³-hybridized carbons (Fsp3) is 0.524. The van der Waals surface area contributed by atoms with Crippen LogP contribution in [-0.4, -0.2) is 51.4 Å². The van der Waals surface area contributed by atoms with Crippen LogP contribution in [0.2, 0.25) is 0 Å². The number of alkyl halides is 5. The first kappa shape index (κ1) is 24.2. The molecule has 178 valence electrons. The molecule has 1 saturated heterocycles. The summed E-state index contributed by atoms with van der Waals surface area (Å²) >= 11 is 7.20. The van der Waals surface area contributed by atoms with Crippen LogP contribution < -0.4 is 5.32 Å². The molecule has 7 nitrogen and oxygen atoms in total. The fourth-order valence-corrected chi connectivity index (χ4v) is 6.90. The molecule has 2 aliphatic carbocycles. The molecule has 4 rings (SSSR count). The number of carbonyl (C=O) groups excluding carboxylic acids is 4. The van der Waals surface area contributed by atoms with Gasteiger partial charge in [-0.05, 0) is 36.5 Å². The van der Waals surface area contributed by atoms with Crippen LogP contribution in [0.1, 0.15) is 18.4 Å². The van der Waals surface area contributed by atoms with Crippen LogP contribution in [0.5, 0.6) is 0 Å². The second kappa shape index (κ2) is 9.01. The summed E-state index contributed by atoms with van der Waals surface area (Å²) in [5, 5.41) is 2.23. The third-order valence-corrected chi connectivity index (χ3v) is 9.66. The summed E-state index contributed by atoms with van der Waals surface area (Å²) in [4.78, 5) is 50.9. The average molecular weight is 596 g/mol. The van der Waals surface area contributed by atoms with E-state index in [0.717, 1.165) is 29.5 Å². The Morgan fingerprint density at radius 3 is 2.27 bits per heavy atom. The Balaban J connectivity index is 1.25. The van der Waals surface area contributed by atoms with E-state index < -0.39 is 30.2 Å². The number of hydrogen-bond acceptors (Lipinski definition) is 5. The summed E-state index contributed by atoms with van der Waals surface area (Å²) in [7, 11) is 0. The largest absolute Gasteiger partial charge is 0.456 e. The quantitative estimate of drug-likeness (QED) is 0.309. The molecule has 1 aromatic carbocycles. The number of nitrogens with zero attached hydrogens (tertiary/aromatic N) is 1. The molecule has 1 aliphatic heterocycles. The van der Waals surface area contributed by atoms with E-state index in [2.05, 4.69) is 37.2 Å². The Morgan fingerprint density at radius 2 is 1.70 bits per heavy atom. The Kier molecular flexibility index (Phi) is 6.60. The third-order valence-electron chi connectivity index (χ3n) is 6.46. The van der Waals surface area contributed by atoms with Gasteiger partial charge in [-0.2, -0.15) is 13.2 Å². The third kappa shape index (κ3) is 4.55. The molecule has 3 fully saturated rings. The van der Waals surface area contributed by atoms with Crippen LogP contribution in [0, 0.1) is 23.7 Å². The molecule has 0 aromatic heterocycles. The molecular weight excluding hydrogens is 577 g/mol. The van der Waals surface area contributed by atoms with Crippen molar-refractivity contribution in [1.82, 2.24) is 4.90 Å². The van der Waals surface area contributed by atoms with E-state index in [-0.39, 0.29) is 63.8 Å². The number of ether oxygens (including phenoxy) is 1. The predicted octanol–water partition coefficient (Wildman–Crippen LogP) is 3.36. The SMILES string of the molecule is O=C(COC(=O)CCN1C(=O)[C@@H]2[C@H]3C[C@@H]([C@@H](Br)[C@H]3Br)[C@H]2C1=O)Nc1cccc(C(F)(F)F)c1. The molecule has 1 N–H and O–H groups in total. The van der Waals surface area contributed by atoms with E-state index in [4.69, 9.17) is 4.74 Å². The fourth-order valence-electron chi connectivity index (χ4n) is 5.02. The maximum atomic E-state index is 12.8. The second-order valence-corrected chi connectivity index (χ2v) is 10.5. The Labute approximate surface area is 203 Å². The molecular formula is C21H19Br2F3N2O5. The molecule has 1 aromatic rings. The summed E-state index contributed by atoms with van der Waals surface area (Å²) < 4.78 is 43.1. The van der Waals surface area contributed by atoms with Gasteiger partial charge in [-0.15, -0.1) is 0 Å². The van der Waals surface area contributed by atoms with Crippen molar-refractivity contribution in [3.05, 3.63) is 29.8 Å². The standard InChI is InChI=1S/C21H19Br2F3N2O5/c22-17-11-7-12(18(17)23)16-15(11)19(31)28(20(16)32)5-4-14(30)33-8-13(29)27-10-3-1-2-9(6-10)21(24,25)26/h1-3,6,11-12,15-18H,4-5,7-8H2,(H,27,29)/t11-,12-,15-,16-,17-,18+/m1/s1. The normalized spacial score (nSPS) is 30.5. The van der Waals surface area contributed by atoms with Gasteiger partial charge in [-0.1, -0.05) is 37.9 Å². The predicted molar refractivity (Wildman–Crippen MR) is 116 cm³/mol. The van der Waals surface area contributed by atoms with Gasteiger partial charge in [-0.3, -0.25) is 24.1 Å². The highest BCUT2D eigenvalue weighted by molar-refractivity contribution is 9.12. The molecule has 1 heterocycles. The second-order valence-electron chi connectivity index (χ2n) is 8.37. The molecule has 3 aliphatic rings. The van der Waals surface area contributed by atoms with E-state index in [9.17, 15) is 32.3 Å². The molecule has 0 unspecified atom stereocenters.